The minimum atomic E-state index is -0.623. The Morgan fingerprint density at radius 1 is 0.287 bits per heavy atom. The zero-order valence-corrected chi connectivity index (χ0v) is 81.8. The van der Waals surface area contributed by atoms with Gasteiger partial charge in [-0.1, -0.05) is 349 Å². The number of nitrogens with zero attached hydrogens (tertiary/aromatic N) is 1. The van der Waals surface area contributed by atoms with E-state index in [0.717, 1.165) is 103 Å². The average Bonchev–Trinajstić information content (AvgIpc) is 0.979. The number of likely N-dealkylation sites (N-methyl/N-ethyl adjacent to an activating group) is 1. The van der Waals surface area contributed by atoms with Crippen LogP contribution in [-0.4, -0.2) is 99.4 Å². The summed E-state index contributed by atoms with van der Waals surface area (Å²) in [7, 11) is 5.40. The van der Waals surface area contributed by atoms with E-state index in [1.165, 1.54) is 284 Å². The van der Waals surface area contributed by atoms with Gasteiger partial charge in [0.15, 0.2) is 0 Å². The third-order valence-corrected chi connectivity index (χ3v) is 19.7. The number of amides is 1. The first-order chi connectivity index (χ1) is 55.0. The van der Waals surface area contributed by atoms with Gasteiger partial charge >= 0.3 is 0 Å². The summed E-state index contributed by atoms with van der Waals surface area (Å²) in [5, 5.41) is 0.365. The summed E-state index contributed by atoms with van der Waals surface area (Å²) >= 11 is 41.5. The van der Waals surface area contributed by atoms with Crippen LogP contribution in [-0.2, 0) is 52.7 Å². The van der Waals surface area contributed by atoms with E-state index in [4.69, 9.17) is 97.5 Å². The Morgan fingerprint density at radius 3 is 0.678 bits per heavy atom. The first kappa shape index (κ1) is 131. The Morgan fingerprint density at radius 2 is 0.487 bits per heavy atom. The Kier molecular flexibility index (Phi) is 135. The van der Waals surface area contributed by atoms with Crippen LogP contribution in [0.2, 0.25) is 0 Å². The summed E-state index contributed by atoms with van der Waals surface area (Å²) in [4.78, 5) is 107. The summed E-state index contributed by atoms with van der Waals surface area (Å²) < 4.78 is 4.72. The van der Waals surface area contributed by atoms with Gasteiger partial charge in [-0.3, -0.25) is 43.2 Å². The van der Waals surface area contributed by atoms with Crippen molar-refractivity contribution in [3.8, 4) is 0 Å². The highest BCUT2D eigenvalue weighted by Crippen LogP contribution is 2.17. The second kappa shape index (κ2) is 118. The predicted octanol–water partition coefficient (Wildman–Crippen LogP) is 31.7. The lowest BCUT2D eigenvalue weighted by atomic mass is 10.1. The van der Waals surface area contributed by atoms with Crippen molar-refractivity contribution in [1.82, 2.24) is 10.2 Å². The maximum absolute atomic E-state index is 11.0. The highest BCUT2D eigenvalue weighted by Gasteiger charge is 2.05. The summed E-state index contributed by atoms with van der Waals surface area (Å²) in [6.07, 6.45) is 81.1. The molecule has 0 fully saturated rings. The Hall–Kier alpha value is -2.04. The largest absolute Gasteiger partial charge is 0.383 e. The number of nitrogens with one attached hydrogen (secondary N) is 1. The second-order valence-corrected chi connectivity index (χ2v) is 33.4. The molecule has 0 atom stereocenters. The molecule has 0 radical (unpaired) electrons. The summed E-state index contributed by atoms with van der Waals surface area (Å²) in [5.74, 6) is -0.00817. The summed E-state index contributed by atoms with van der Waals surface area (Å²) in [5.41, 5.74) is 0.826. The molecule has 0 spiro atoms. The molecule has 0 aliphatic rings. The molecule has 1 N–H and O–H groups in total. The minimum absolute atomic E-state index is 0.184. The van der Waals surface area contributed by atoms with Gasteiger partial charge in [0.1, 0.15) is 5.78 Å². The number of carbonyl (C=O) groups excluding carboxylic acids is 10. The monoisotopic (exact) mass is 1790 g/mol. The smallest absolute Gasteiger partial charge is 0.248 e. The van der Waals surface area contributed by atoms with Crippen molar-refractivity contribution in [2.75, 3.05) is 40.9 Å². The standard InChI is InChI=1S/C19H36O.C14H27ClO.C12H23ClO.C10H19ClO.C9H17ClO.C8H12ClNO3.C8H15ClO.C7H12ClNO.C7H13ClO/c1-3-4-5-6-7-8-9-10-11-12-13-14-15-16-17-18-19(2)20;1-2-3-4-5-6-7-8-9-10-11-12-13-14(15)16;1-2-3-4-5-6-7-8-9-10-11-12(13)14;1-2-3-4-5-6-7-8-9-10(11)12;1-2-3-4-5-6-7-8-9(10)11;1-6(8(9)12)5-7(11)10-3-4-13-2;1-2-3-4-5-6-7-8(9)10;1-6(7(8)10)4-5-9(2)3;1-2-3-4-5-6-7(8)9/h10-11H,3-9,12-18H2,1-2H3;2-13H2,1H3;2-11H2,1H3;2-9H2,1H3;2-8H2,1H3;5H,3-4H2,1-2H3,(H,10,11);2-7H2,1H3;4H,5H2,1-3H3;2-6H2,1H3/b11-10-;;;;;6-5+;;6-4+;. The lowest BCUT2D eigenvalue weighted by molar-refractivity contribution is -0.117. The van der Waals surface area contributed by atoms with Gasteiger partial charge < -0.3 is 19.7 Å². The Labute approximate surface area is 747 Å². The van der Waals surface area contributed by atoms with Gasteiger partial charge in [0.25, 0.3) is 0 Å². The molecule has 682 valence electrons. The van der Waals surface area contributed by atoms with Crippen molar-refractivity contribution in [1.29, 1.82) is 0 Å². The number of hydrogen-bond donors (Lipinski definition) is 1. The van der Waals surface area contributed by atoms with E-state index in [9.17, 15) is 47.9 Å². The molecule has 0 saturated carbocycles. The molecule has 0 bridgehead atoms. The van der Waals surface area contributed by atoms with Crippen LogP contribution in [0.3, 0.4) is 0 Å². The molecule has 0 unspecified atom stereocenters. The average molecular weight is 1790 g/mol. The maximum Gasteiger partial charge on any atom is 0.248 e. The van der Waals surface area contributed by atoms with Crippen LogP contribution in [0.25, 0.3) is 0 Å². The van der Waals surface area contributed by atoms with E-state index in [0.29, 0.717) is 63.0 Å². The first-order valence-electron chi connectivity index (χ1n) is 45.4. The molecule has 0 heterocycles. The lowest BCUT2D eigenvalue weighted by Gasteiger charge is -2.04. The highest BCUT2D eigenvalue weighted by atomic mass is 35.5. The van der Waals surface area contributed by atoms with E-state index in [1.807, 2.05) is 19.0 Å². The van der Waals surface area contributed by atoms with Crippen LogP contribution in [0.1, 0.15) is 467 Å². The molecule has 0 saturated heterocycles. The molecule has 0 aliphatic carbocycles. The third kappa shape index (κ3) is 164. The van der Waals surface area contributed by atoms with E-state index in [1.54, 1.807) is 19.9 Å². The number of allylic oxidation sites excluding steroid dienone is 4. The number of halogens is 8. The second-order valence-electron chi connectivity index (χ2n) is 30.2. The van der Waals surface area contributed by atoms with E-state index in [-0.39, 0.29) is 48.2 Å². The Bertz CT molecular complexity index is 2240. The van der Waals surface area contributed by atoms with Gasteiger partial charge in [-0.15, -0.1) is 0 Å². The lowest BCUT2D eigenvalue weighted by Crippen LogP contribution is -2.25. The Balaban J connectivity index is -0.000000159. The molecule has 1 amide bonds. The van der Waals surface area contributed by atoms with Crippen LogP contribution in [0.5, 0.6) is 0 Å². The van der Waals surface area contributed by atoms with E-state index in [2.05, 4.69) is 65.9 Å². The molecule has 0 aromatic rings. The molecule has 0 aromatic heterocycles. The van der Waals surface area contributed by atoms with Gasteiger partial charge in [-0.25, -0.2) is 0 Å². The molecule has 13 nitrogen and oxygen atoms in total. The van der Waals surface area contributed by atoms with Crippen molar-refractivity contribution in [2.24, 2.45) is 0 Å². The van der Waals surface area contributed by atoms with Crippen molar-refractivity contribution in [3.05, 3.63) is 35.5 Å². The normalized spacial score (nSPS) is 10.7. The quantitative estimate of drug-likeness (QED) is 0.0262. The van der Waals surface area contributed by atoms with Gasteiger partial charge in [0.2, 0.25) is 47.8 Å². The molecular weight excluding hydrogens is 1620 g/mol. The van der Waals surface area contributed by atoms with Crippen LogP contribution < -0.4 is 5.32 Å². The fourth-order valence-electron chi connectivity index (χ4n) is 10.8. The molecule has 0 aliphatic heterocycles. The van der Waals surface area contributed by atoms with Crippen molar-refractivity contribution >= 4 is 146 Å². The van der Waals surface area contributed by atoms with Crippen LogP contribution in [0.4, 0.5) is 0 Å². The number of methoxy groups -OCH3 is 1. The molecule has 0 aromatic carbocycles. The number of ether oxygens (including phenoxy) is 1. The van der Waals surface area contributed by atoms with Crippen LogP contribution in [0.15, 0.2) is 35.5 Å². The number of ketones is 1. The topological polar surface area (TPSA) is 195 Å². The van der Waals surface area contributed by atoms with E-state index >= 15 is 0 Å². The summed E-state index contributed by atoms with van der Waals surface area (Å²) in [6.45, 7) is 22.0. The highest BCUT2D eigenvalue weighted by molar-refractivity contribution is 6.68. The third-order valence-electron chi connectivity index (χ3n) is 18.0. The van der Waals surface area contributed by atoms with Gasteiger partial charge in [0, 0.05) is 82.4 Å². The fraction of sp³-hybridized carbons (Fsp3) is 0.830. The van der Waals surface area contributed by atoms with Crippen molar-refractivity contribution in [3.63, 3.8) is 0 Å². The molecular formula is C94H174Cl8N2O11. The predicted molar refractivity (Wildman–Crippen MR) is 504 cm³/mol. The SMILES string of the molecule is C/C(=C\CN(C)C)C(=O)Cl.CCCCCCC(=O)Cl.CCCCCCCC(=O)Cl.CCCCCCCC/C=C\CCCCCCCC(C)=O.CCCCCCCCC(=O)Cl.CCCCCCCCCC(=O)Cl.CCCCCCCCCCCC(=O)Cl.CCCCCCCCCCCCCC(=O)Cl.COCCNC(=O)/C=C(\C)C(=O)Cl. The molecule has 0 rings (SSSR count). The summed E-state index contributed by atoms with van der Waals surface area (Å²) in [6, 6.07) is 0. The minimum Gasteiger partial charge on any atom is -0.383 e. The van der Waals surface area contributed by atoms with Crippen molar-refractivity contribution in [2.45, 2.75) is 467 Å². The fourth-order valence-corrected chi connectivity index (χ4v) is 11.7. The number of Topliss-reactive ketones (excluding diaryl/α,β-unsaturated/α-hetero) is 1. The molecule has 21 heteroatoms. The number of unbranched alkanes of at least 4 members (excludes halogenated alkanes) is 47. The number of rotatable bonds is 71. The van der Waals surface area contributed by atoms with Gasteiger partial charge in [0.05, 0.1) is 6.61 Å². The van der Waals surface area contributed by atoms with Gasteiger partial charge in [-0.05, 0) is 198 Å². The maximum atomic E-state index is 11.0. The van der Waals surface area contributed by atoms with Crippen LogP contribution >= 0.6 is 92.8 Å². The van der Waals surface area contributed by atoms with Gasteiger partial charge in [-0.2, -0.15) is 0 Å². The zero-order chi connectivity index (χ0) is 88.7. The zero-order valence-electron chi connectivity index (χ0n) is 75.7. The first-order valence-corrected chi connectivity index (χ1v) is 48.4. The van der Waals surface area contributed by atoms with Crippen LogP contribution in [0, 0.1) is 0 Å². The van der Waals surface area contributed by atoms with Crippen molar-refractivity contribution < 1.29 is 52.7 Å². The number of hydrogen-bond acceptors (Lipinski definition) is 12. The molecule has 115 heavy (non-hydrogen) atoms. The van der Waals surface area contributed by atoms with E-state index < -0.39 is 5.24 Å². The number of carbonyl (C=O) groups is 10.